The summed E-state index contributed by atoms with van der Waals surface area (Å²) in [5.74, 6) is 0.670. The van der Waals surface area contributed by atoms with Gasteiger partial charge in [0.2, 0.25) is 0 Å². The predicted octanol–water partition coefficient (Wildman–Crippen LogP) is 3.56. The Morgan fingerprint density at radius 1 is 1.18 bits per heavy atom. The first-order valence-corrected chi connectivity index (χ1v) is 6.22. The lowest BCUT2D eigenvalue weighted by Crippen LogP contribution is -2.28. The van der Waals surface area contributed by atoms with Crippen molar-refractivity contribution in [2.45, 2.75) is 25.8 Å². The van der Waals surface area contributed by atoms with Crippen molar-refractivity contribution >= 4 is 11.0 Å². The molecule has 17 heavy (non-hydrogen) atoms. The van der Waals surface area contributed by atoms with Crippen molar-refractivity contribution in [2.24, 2.45) is 0 Å². The maximum Gasteiger partial charge on any atom is 0.137 e. The molecular formula is C14H16FNO. The molecule has 1 aromatic carbocycles. The lowest BCUT2D eigenvalue weighted by molar-refractivity contribution is 0.207. The van der Waals surface area contributed by atoms with Gasteiger partial charge in [0.1, 0.15) is 17.2 Å². The van der Waals surface area contributed by atoms with Crippen LogP contribution in [0.3, 0.4) is 0 Å². The third-order valence-corrected chi connectivity index (χ3v) is 3.39. The molecule has 0 bridgehead atoms. The molecule has 2 nitrogen and oxygen atoms in total. The Labute approximate surface area is 100 Å². The van der Waals surface area contributed by atoms with E-state index in [-0.39, 0.29) is 5.82 Å². The second-order valence-corrected chi connectivity index (χ2v) is 4.70. The van der Waals surface area contributed by atoms with Crippen LogP contribution in [0, 0.1) is 5.82 Å². The smallest absolute Gasteiger partial charge is 0.137 e. The van der Waals surface area contributed by atoms with Gasteiger partial charge < -0.3 is 4.42 Å². The number of nitrogens with zero attached hydrogens (tertiary/aromatic N) is 1. The molecular weight excluding hydrogens is 217 g/mol. The highest BCUT2D eigenvalue weighted by Gasteiger charge is 2.14. The average molecular weight is 233 g/mol. The topological polar surface area (TPSA) is 16.4 Å². The SMILES string of the molecule is Fc1cccc2oc(CN3CCCCC3)cc12. The Hall–Kier alpha value is -1.35. The highest BCUT2D eigenvalue weighted by Crippen LogP contribution is 2.23. The molecule has 2 heterocycles. The molecule has 3 heteroatoms. The highest BCUT2D eigenvalue weighted by molar-refractivity contribution is 5.78. The van der Waals surface area contributed by atoms with Crippen LogP contribution in [0.25, 0.3) is 11.0 Å². The fraction of sp³-hybridized carbons (Fsp3) is 0.429. The Bertz CT molecular complexity index is 514. The standard InChI is InChI=1S/C14H16FNO/c15-13-5-4-6-14-12(13)9-11(17-14)10-16-7-2-1-3-8-16/h4-6,9H,1-3,7-8,10H2. The van der Waals surface area contributed by atoms with Crippen molar-refractivity contribution in [1.82, 2.24) is 4.90 Å². The monoisotopic (exact) mass is 233 g/mol. The lowest BCUT2D eigenvalue weighted by Gasteiger charge is -2.25. The van der Waals surface area contributed by atoms with E-state index < -0.39 is 0 Å². The summed E-state index contributed by atoms with van der Waals surface area (Å²) in [5.41, 5.74) is 0.650. The Morgan fingerprint density at radius 2 is 2.00 bits per heavy atom. The molecule has 90 valence electrons. The van der Waals surface area contributed by atoms with E-state index >= 15 is 0 Å². The fourth-order valence-electron chi connectivity index (χ4n) is 2.49. The van der Waals surface area contributed by atoms with Crippen LogP contribution in [0.1, 0.15) is 25.0 Å². The van der Waals surface area contributed by atoms with E-state index in [1.807, 2.05) is 12.1 Å². The van der Waals surface area contributed by atoms with Gasteiger partial charge in [0.25, 0.3) is 0 Å². The van der Waals surface area contributed by atoms with E-state index in [0.29, 0.717) is 11.0 Å². The zero-order valence-corrected chi connectivity index (χ0v) is 9.79. The number of furan rings is 1. The Kier molecular flexibility index (Phi) is 2.85. The average Bonchev–Trinajstić information content (AvgIpc) is 2.74. The molecule has 2 aromatic rings. The zero-order chi connectivity index (χ0) is 11.7. The molecule has 0 amide bonds. The summed E-state index contributed by atoms with van der Waals surface area (Å²) >= 11 is 0. The summed E-state index contributed by atoms with van der Waals surface area (Å²) in [4.78, 5) is 2.37. The fourth-order valence-corrected chi connectivity index (χ4v) is 2.49. The summed E-state index contributed by atoms with van der Waals surface area (Å²) in [6.45, 7) is 3.05. The number of hydrogen-bond acceptors (Lipinski definition) is 2. The molecule has 1 aliphatic rings. The molecule has 1 fully saturated rings. The normalized spacial score (nSPS) is 17.7. The molecule has 1 aliphatic heterocycles. The first-order valence-electron chi connectivity index (χ1n) is 6.22. The van der Waals surface area contributed by atoms with Crippen LogP contribution in [0.15, 0.2) is 28.7 Å². The molecule has 1 aromatic heterocycles. The molecule has 0 spiro atoms. The van der Waals surface area contributed by atoms with E-state index in [4.69, 9.17) is 4.42 Å². The summed E-state index contributed by atoms with van der Waals surface area (Å²) < 4.78 is 19.2. The summed E-state index contributed by atoms with van der Waals surface area (Å²) in [5, 5.41) is 0.597. The molecule has 0 radical (unpaired) electrons. The van der Waals surface area contributed by atoms with Gasteiger partial charge in [-0.15, -0.1) is 0 Å². The van der Waals surface area contributed by atoms with Gasteiger partial charge in [-0.05, 0) is 44.1 Å². The molecule has 0 atom stereocenters. The van der Waals surface area contributed by atoms with Crippen molar-refractivity contribution in [3.8, 4) is 0 Å². The summed E-state index contributed by atoms with van der Waals surface area (Å²) in [6, 6.07) is 6.81. The van der Waals surface area contributed by atoms with Crippen LogP contribution in [0.4, 0.5) is 4.39 Å². The third-order valence-electron chi connectivity index (χ3n) is 3.39. The van der Waals surface area contributed by atoms with E-state index in [2.05, 4.69) is 4.90 Å². The molecule has 0 aliphatic carbocycles. The molecule has 0 saturated carbocycles. The minimum atomic E-state index is -0.198. The van der Waals surface area contributed by atoms with Crippen molar-refractivity contribution in [3.63, 3.8) is 0 Å². The van der Waals surface area contributed by atoms with Crippen LogP contribution in [0.5, 0.6) is 0 Å². The molecule has 0 unspecified atom stereocenters. The number of halogens is 1. The first kappa shape index (κ1) is 10.8. The summed E-state index contributed by atoms with van der Waals surface area (Å²) in [6.07, 6.45) is 3.84. The van der Waals surface area contributed by atoms with Crippen LogP contribution >= 0.6 is 0 Å². The van der Waals surface area contributed by atoms with Gasteiger partial charge in [-0.1, -0.05) is 12.5 Å². The van der Waals surface area contributed by atoms with Gasteiger partial charge in [-0.2, -0.15) is 0 Å². The number of hydrogen-bond donors (Lipinski definition) is 0. The largest absolute Gasteiger partial charge is 0.460 e. The minimum Gasteiger partial charge on any atom is -0.460 e. The van der Waals surface area contributed by atoms with E-state index in [0.717, 1.165) is 25.4 Å². The van der Waals surface area contributed by atoms with Crippen LogP contribution in [-0.4, -0.2) is 18.0 Å². The number of piperidine rings is 1. The van der Waals surface area contributed by atoms with Gasteiger partial charge in [-0.3, -0.25) is 4.90 Å². The highest BCUT2D eigenvalue weighted by atomic mass is 19.1. The van der Waals surface area contributed by atoms with Gasteiger partial charge in [-0.25, -0.2) is 4.39 Å². The molecule has 0 N–H and O–H groups in total. The number of likely N-dealkylation sites (tertiary alicyclic amines) is 1. The zero-order valence-electron chi connectivity index (χ0n) is 9.79. The van der Waals surface area contributed by atoms with Crippen molar-refractivity contribution < 1.29 is 8.81 Å². The second kappa shape index (κ2) is 4.49. The van der Waals surface area contributed by atoms with E-state index in [9.17, 15) is 4.39 Å². The predicted molar refractivity (Wildman–Crippen MR) is 65.3 cm³/mol. The number of rotatable bonds is 2. The van der Waals surface area contributed by atoms with Gasteiger partial charge in [0.15, 0.2) is 0 Å². The van der Waals surface area contributed by atoms with Crippen molar-refractivity contribution in [1.29, 1.82) is 0 Å². The maximum atomic E-state index is 13.5. The molecule has 3 rings (SSSR count). The van der Waals surface area contributed by atoms with Crippen molar-refractivity contribution in [2.75, 3.05) is 13.1 Å². The first-order chi connectivity index (χ1) is 8.33. The Balaban J connectivity index is 1.83. The Morgan fingerprint density at radius 3 is 2.76 bits per heavy atom. The van der Waals surface area contributed by atoms with Crippen LogP contribution in [0.2, 0.25) is 0 Å². The number of fused-ring (bicyclic) bond motifs is 1. The van der Waals surface area contributed by atoms with E-state index in [1.165, 1.54) is 25.3 Å². The minimum absolute atomic E-state index is 0.198. The maximum absolute atomic E-state index is 13.5. The van der Waals surface area contributed by atoms with Crippen LogP contribution < -0.4 is 0 Å². The summed E-state index contributed by atoms with van der Waals surface area (Å²) in [7, 11) is 0. The number of benzene rings is 1. The molecule has 1 saturated heterocycles. The third kappa shape index (κ3) is 2.20. The van der Waals surface area contributed by atoms with Gasteiger partial charge in [0.05, 0.1) is 11.9 Å². The van der Waals surface area contributed by atoms with Gasteiger partial charge >= 0.3 is 0 Å². The second-order valence-electron chi connectivity index (χ2n) is 4.70. The van der Waals surface area contributed by atoms with Crippen molar-refractivity contribution in [3.05, 3.63) is 35.8 Å². The van der Waals surface area contributed by atoms with Crippen LogP contribution in [-0.2, 0) is 6.54 Å². The quantitative estimate of drug-likeness (QED) is 0.788. The van der Waals surface area contributed by atoms with Gasteiger partial charge in [0, 0.05) is 0 Å². The lowest BCUT2D eigenvalue weighted by atomic mass is 10.1. The van der Waals surface area contributed by atoms with E-state index in [1.54, 1.807) is 6.07 Å².